The van der Waals surface area contributed by atoms with Crippen LogP contribution in [0.4, 0.5) is 0 Å². The lowest BCUT2D eigenvalue weighted by Gasteiger charge is -2.29. The summed E-state index contributed by atoms with van der Waals surface area (Å²) in [7, 11) is 0. The molecule has 62 valence electrons. The molecule has 0 spiro atoms. The van der Waals surface area contributed by atoms with Crippen LogP contribution in [0.2, 0.25) is 0 Å². The van der Waals surface area contributed by atoms with Crippen LogP contribution >= 0.6 is 0 Å². The summed E-state index contributed by atoms with van der Waals surface area (Å²) < 4.78 is 0. The Balaban J connectivity index is 2.76. The highest BCUT2D eigenvalue weighted by Gasteiger charge is 2.25. The van der Waals surface area contributed by atoms with Gasteiger partial charge in [0.15, 0.2) is 6.29 Å². The van der Waals surface area contributed by atoms with Gasteiger partial charge in [0.05, 0.1) is 0 Å². The van der Waals surface area contributed by atoms with Crippen molar-refractivity contribution in [3.8, 4) is 0 Å². The molecule has 11 heavy (non-hydrogen) atoms. The fraction of sp³-hybridized carbons (Fsp3) is 0.500. The largest absolute Gasteiger partial charge is 0.286 e. The Bertz CT molecular complexity index is 201. The van der Waals surface area contributed by atoms with Crippen LogP contribution in [-0.4, -0.2) is 22.9 Å². The summed E-state index contributed by atoms with van der Waals surface area (Å²) in [4.78, 5) is 11.0. The molecule has 0 aromatic rings. The molecular formula is C4H10N6O. The van der Waals surface area contributed by atoms with Crippen molar-refractivity contribution in [2.75, 3.05) is 0 Å². The van der Waals surface area contributed by atoms with Gasteiger partial charge in [-0.15, -0.1) is 0 Å². The Morgan fingerprint density at radius 3 is 3.00 bits per heavy atom. The monoisotopic (exact) mass is 158 g/mol. The van der Waals surface area contributed by atoms with Crippen molar-refractivity contribution in [2.24, 2.45) is 16.8 Å². The van der Waals surface area contributed by atoms with Crippen molar-refractivity contribution in [1.82, 2.24) is 15.9 Å². The summed E-state index contributed by atoms with van der Waals surface area (Å²) in [6.07, 6.45) is -0.633. The smallest absolute Gasteiger partial charge is 0.271 e. The van der Waals surface area contributed by atoms with Gasteiger partial charge in [-0.3, -0.25) is 16.1 Å². The van der Waals surface area contributed by atoms with Gasteiger partial charge in [-0.1, -0.05) is 0 Å². The number of nitrogens with zero attached hydrogens (tertiary/aromatic N) is 2. The molecule has 1 heterocycles. The molecule has 0 radical (unpaired) electrons. The van der Waals surface area contributed by atoms with E-state index in [4.69, 9.17) is 11.7 Å². The highest BCUT2D eigenvalue weighted by Crippen LogP contribution is 1.94. The molecule has 1 atom stereocenters. The van der Waals surface area contributed by atoms with Gasteiger partial charge in [-0.2, -0.15) is 5.10 Å². The minimum atomic E-state index is -0.633. The molecule has 6 N–H and O–H groups in total. The fourth-order valence-electron chi connectivity index (χ4n) is 0.690. The number of carbonyl (C=O) groups is 1. The first kappa shape index (κ1) is 7.92. The van der Waals surface area contributed by atoms with Crippen LogP contribution in [0.15, 0.2) is 5.10 Å². The van der Waals surface area contributed by atoms with E-state index in [1.54, 1.807) is 6.92 Å². The van der Waals surface area contributed by atoms with E-state index >= 15 is 0 Å². The average Bonchev–Trinajstić information content (AvgIpc) is 2.01. The van der Waals surface area contributed by atoms with E-state index in [9.17, 15) is 4.79 Å². The Morgan fingerprint density at radius 1 is 1.82 bits per heavy atom. The molecule has 7 heteroatoms. The van der Waals surface area contributed by atoms with Crippen LogP contribution in [0.3, 0.4) is 0 Å². The Hall–Kier alpha value is -1.18. The molecule has 7 nitrogen and oxygen atoms in total. The molecule has 1 rings (SSSR count). The number of hydrazone groups is 1. The standard InChI is InChI=1S/C4H10N6O/c1-2-3(11)10(6)4(7-5)9-8-2/h4,7,9H,5-6H2,1H3. The maximum absolute atomic E-state index is 11.0. The third-order valence-electron chi connectivity index (χ3n) is 1.33. The molecule has 0 aliphatic carbocycles. The summed E-state index contributed by atoms with van der Waals surface area (Å²) in [5.41, 5.74) is 5.10. The van der Waals surface area contributed by atoms with Gasteiger partial charge in [0, 0.05) is 0 Å². The minimum absolute atomic E-state index is 0.305. The lowest BCUT2D eigenvalue weighted by molar-refractivity contribution is -0.129. The zero-order valence-electron chi connectivity index (χ0n) is 6.03. The van der Waals surface area contributed by atoms with Crippen molar-refractivity contribution in [3.63, 3.8) is 0 Å². The zero-order valence-corrected chi connectivity index (χ0v) is 6.03. The summed E-state index contributed by atoms with van der Waals surface area (Å²) >= 11 is 0. The van der Waals surface area contributed by atoms with E-state index in [0.29, 0.717) is 5.71 Å². The van der Waals surface area contributed by atoms with E-state index in [-0.39, 0.29) is 5.91 Å². The quantitative estimate of drug-likeness (QED) is 0.190. The second-order valence-corrected chi connectivity index (χ2v) is 2.11. The SMILES string of the molecule is CC1=NNC(NN)N(N)C1=O. The summed E-state index contributed by atoms with van der Waals surface area (Å²) in [5.74, 6) is 10.0. The van der Waals surface area contributed by atoms with E-state index in [0.717, 1.165) is 5.01 Å². The van der Waals surface area contributed by atoms with Crippen molar-refractivity contribution < 1.29 is 4.79 Å². The van der Waals surface area contributed by atoms with Gasteiger partial charge in [0.25, 0.3) is 5.91 Å². The third-order valence-corrected chi connectivity index (χ3v) is 1.33. The number of hydrazine groups is 2. The topological polar surface area (TPSA) is 109 Å². The predicted octanol–water partition coefficient (Wildman–Crippen LogP) is -2.59. The summed E-state index contributed by atoms with van der Waals surface area (Å²) in [5, 5.41) is 4.60. The van der Waals surface area contributed by atoms with E-state index in [2.05, 4.69) is 16.0 Å². The maximum atomic E-state index is 11.0. The summed E-state index contributed by atoms with van der Waals surface area (Å²) in [6, 6.07) is 0. The summed E-state index contributed by atoms with van der Waals surface area (Å²) in [6.45, 7) is 1.56. The molecule has 0 bridgehead atoms. The van der Waals surface area contributed by atoms with Crippen LogP contribution in [-0.2, 0) is 4.79 Å². The molecule has 0 aromatic carbocycles. The van der Waals surface area contributed by atoms with E-state index in [1.807, 2.05) is 0 Å². The Kier molecular flexibility index (Phi) is 2.03. The zero-order chi connectivity index (χ0) is 8.43. The molecule has 0 saturated carbocycles. The second kappa shape index (κ2) is 2.82. The van der Waals surface area contributed by atoms with Crippen LogP contribution in [0.25, 0.3) is 0 Å². The average molecular weight is 158 g/mol. The number of nitrogens with one attached hydrogen (secondary N) is 2. The van der Waals surface area contributed by atoms with Gasteiger partial charge in [0.2, 0.25) is 0 Å². The third kappa shape index (κ3) is 1.29. The van der Waals surface area contributed by atoms with Crippen molar-refractivity contribution >= 4 is 11.6 Å². The molecular weight excluding hydrogens is 148 g/mol. The van der Waals surface area contributed by atoms with Crippen molar-refractivity contribution in [1.29, 1.82) is 0 Å². The van der Waals surface area contributed by atoms with Crippen molar-refractivity contribution in [3.05, 3.63) is 0 Å². The van der Waals surface area contributed by atoms with Gasteiger partial charge in [-0.05, 0) is 6.92 Å². The maximum Gasteiger partial charge on any atom is 0.286 e. The van der Waals surface area contributed by atoms with Gasteiger partial charge in [-0.25, -0.2) is 16.3 Å². The molecule has 1 amide bonds. The lowest BCUT2D eigenvalue weighted by atomic mass is 10.4. The lowest BCUT2D eigenvalue weighted by Crippen LogP contribution is -2.64. The normalized spacial score (nSPS) is 24.6. The van der Waals surface area contributed by atoms with Gasteiger partial charge >= 0.3 is 0 Å². The highest BCUT2D eigenvalue weighted by atomic mass is 16.2. The molecule has 1 unspecified atom stereocenters. The van der Waals surface area contributed by atoms with E-state index in [1.165, 1.54) is 0 Å². The van der Waals surface area contributed by atoms with E-state index < -0.39 is 6.29 Å². The van der Waals surface area contributed by atoms with Crippen LogP contribution in [0.1, 0.15) is 6.92 Å². The van der Waals surface area contributed by atoms with Crippen LogP contribution in [0.5, 0.6) is 0 Å². The second-order valence-electron chi connectivity index (χ2n) is 2.11. The van der Waals surface area contributed by atoms with Crippen molar-refractivity contribution in [2.45, 2.75) is 13.2 Å². The molecule has 1 aliphatic heterocycles. The number of rotatable bonds is 1. The Labute approximate surface area is 63.3 Å². The molecule has 0 fully saturated rings. The van der Waals surface area contributed by atoms with Gasteiger partial charge in [0.1, 0.15) is 5.71 Å². The minimum Gasteiger partial charge on any atom is -0.271 e. The number of carbonyl (C=O) groups excluding carboxylic acids is 1. The van der Waals surface area contributed by atoms with Crippen LogP contribution in [0, 0.1) is 0 Å². The molecule has 1 aliphatic rings. The Morgan fingerprint density at radius 2 is 2.45 bits per heavy atom. The first-order valence-electron chi connectivity index (χ1n) is 3.01. The number of hydrogen-bond donors (Lipinski definition) is 4. The molecule has 0 aromatic heterocycles. The first-order chi connectivity index (χ1) is 5.16. The highest BCUT2D eigenvalue weighted by molar-refractivity contribution is 6.37. The number of hydrogen-bond acceptors (Lipinski definition) is 6. The number of amides is 1. The predicted molar refractivity (Wildman–Crippen MR) is 38.4 cm³/mol. The first-order valence-corrected chi connectivity index (χ1v) is 3.01. The van der Waals surface area contributed by atoms with Crippen LogP contribution < -0.4 is 22.5 Å². The fourth-order valence-corrected chi connectivity index (χ4v) is 0.690. The molecule has 0 saturated heterocycles. The number of nitrogens with two attached hydrogens (primary N) is 2. The van der Waals surface area contributed by atoms with Gasteiger partial charge < -0.3 is 0 Å².